The van der Waals surface area contributed by atoms with Crippen LogP contribution in [-0.2, 0) is 0 Å². The first kappa shape index (κ1) is 10.8. The lowest BCUT2D eigenvalue weighted by Crippen LogP contribution is -1.91. The summed E-state index contributed by atoms with van der Waals surface area (Å²) in [6, 6.07) is 9.97. The molecule has 0 atom stereocenters. The summed E-state index contributed by atoms with van der Waals surface area (Å²) in [6.07, 6.45) is 0. The maximum atomic E-state index is 4.10. The fourth-order valence-corrected chi connectivity index (χ4v) is 1.82. The van der Waals surface area contributed by atoms with Crippen LogP contribution in [0.2, 0.25) is 0 Å². The molecule has 0 saturated carbocycles. The lowest BCUT2D eigenvalue weighted by atomic mass is 10.2. The summed E-state index contributed by atoms with van der Waals surface area (Å²) in [5.74, 6) is 0. The molecule has 16 heavy (non-hydrogen) atoms. The van der Waals surface area contributed by atoms with Crippen molar-refractivity contribution in [1.82, 2.24) is 10.2 Å². The van der Waals surface area contributed by atoms with E-state index in [0.29, 0.717) is 5.13 Å². The molecule has 0 aliphatic carbocycles. The van der Waals surface area contributed by atoms with Gasteiger partial charge in [-0.05, 0) is 13.8 Å². The van der Waals surface area contributed by atoms with E-state index in [-0.39, 0.29) is 0 Å². The van der Waals surface area contributed by atoms with Crippen LogP contribution < -0.4 is 5.43 Å². The molecule has 2 aromatic rings. The van der Waals surface area contributed by atoms with Crippen molar-refractivity contribution in [1.29, 1.82) is 0 Å². The highest BCUT2D eigenvalue weighted by atomic mass is 32.1. The summed E-state index contributed by atoms with van der Waals surface area (Å²) < 4.78 is 0. The zero-order chi connectivity index (χ0) is 11.4. The molecule has 0 bridgehead atoms. The molecule has 0 fully saturated rings. The van der Waals surface area contributed by atoms with Gasteiger partial charge >= 0.3 is 0 Å². The molecule has 0 saturated heterocycles. The third-order valence-electron chi connectivity index (χ3n) is 1.82. The van der Waals surface area contributed by atoms with E-state index in [1.54, 1.807) is 0 Å². The van der Waals surface area contributed by atoms with Crippen LogP contribution in [0.4, 0.5) is 5.13 Å². The molecule has 0 aliphatic heterocycles. The maximum Gasteiger partial charge on any atom is 0.226 e. The fourth-order valence-electron chi connectivity index (χ4n) is 1.13. The topological polar surface area (TPSA) is 50.2 Å². The number of hydrogen-bond donors (Lipinski definition) is 1. The van der Waals surface area contributed by atoms with Crippen LogP contribution in [0.1, 0.15) is 13.8 Å². The molecule has 4 nitrogen and oxygen atoms in total. The van der Waals surface area contributed by atoms with E-state index >= 15 is 0 Å². The Balaban J connectivity index is 2.17. The lowest BCUT2D eigenvalue weighted by molar-refractivity contribution is 1.08. The molecule has 5 heteroatoms. The summed E-state index contributed by atoms with van der Waals surface area (Å²) in [5, 5.41) is 13.8. The van der Waals surface area contributed by atoms with Gasteiger partial charge in [0.1, 0.15) is 5.01 Å². The van der Waals surface area contributed by atoms with Gasteiger partial charge in [0.15, 0.2) is 0 Å². The molecular formula is C11H12N4S. The molecule has 0 unspecified atom stereocenters. The monoisotopic (exact) mass is 232 g/mol. The first-order chi connectivity index (χ1) is 7.75. The van der Waals surface area contributed by atoms with Crippen molar-refractivity contribution in [2.24, 2.45) is 5.10 Å². The number of benzene rings is 1. The second-order valence-electron chi connectivity index (χ2n) is 3.45. The van der Waals surface area contributed by atoms with E-state index in [1.165, 1.54) is 11.3 Å². The molecule has 0 amide bonds. The van der Waals surface area contributed by atoms with Crippen molar-refractivity contribution in [2.75, 3.05) is 5.43 Å². The van der Waals surface area contributed by atoms with Crippen molar-refractivity contribution in [3.05, 3.63) is 30.3 Å². The van der Waals surface area contributed by atoms with Gasteiger partial charge in [-0.1, -0.05) is 41.7 Å². The van der Waals surface area contributed by atoms with Gasteiger partial charge in [0.25, 0.3) is 0 Å². The van der Waals surface area contributed by atoms with E-state index < -0.39 is 0 Å². The standard InChI is InChI=1S/C11H12N4S/c1-8(2)12-14-11-15-13-10(16-11)9-6-4-3-5-7-9/h3-7H,1-2H3,(H,14,15). The smallest absolute Gasteiger partial charge is 0.226 e. The summed E-state index contributed by atoms with van der Waals surface area (Å²) in [6.45, 7) is 3.85. The van der Waals surface area contributed by atoms with Gasteiger partial charge in [-0.3, -0.25) is 5.43 Å². The van der Waals surface area contributed by atoms with Crippen LogP contribution >= 0.6 is 11.3 Å². The predicted molar refractivity (Wildman–Crippen MR) is 67.8 cm³/mol. The lowest BCUT2D eigenvalue weighted by Gasteiger charge is -1.93. The number of nitrogens with zero attached hydrogens (tertiary/aromatic N) is 3. The SMILES string of the molecule is CC(C)=NNc1nnc(-c2ccccc2)s1. The van der Waals surface area contributed by atoms with Crippen LogP contribution in [-0.4, -0.2) is 15.9 Å². The Kier molecular flexibility index (Phi) is 3.26. The van der Waals surface area contributed by atoms with E-state index in [9.17, 15) is 0 Å². The third-order valence-corrected chi connectivity index (χ3v) is 2.70. The number of hydrazone groups is 1. The second kappa shape index (κ2) is 4.85. The van der Waals surface area contributed by atoms with E-state index in [2.05, 4.69) is 20.7 Å². The van der Waals surface area contributed by atoms with Crippen molar-refractivity contribution < 1.29 is 0 Å². The molecule has 0 spiro atoms. The summed E-state index contributed by atoms with van der Waals surface area (Å²) >= 11 is 1.49. The Morgan fingerprint density at radius 2 is 1.94 bits per heavy atom. The van der Waals surface area contributed by atoms with Crippen molar-refractivity contribution in [2.45, 2.75) is 13.8 Å². The quantitative estimate of drug-likeness (QED) is 0.653. The zero-order valence-corrected chi connectivity index (χ0v) is 9.95. The Hall–Kier alpha value is -1.75. The number of nitrogens with one attached hydrogen (secondary N) is 1. The maximum absolute atomic E-state index is 4.10. The Bertz CT molecular complexity index is 486. The van der Waals surface area contributed by atoms with Crippen LogP contribution in [0.25, 0.3) is 10.6 Å². The molecule has 0 aliphatic rings. The minimum atomic E-state index is 0.708. The largest absolute Gasteiger partial charge is 0.251 e. The fraction of sp³-hybridized carbons (Fsp3) is 0.182. The normalized spacial score (nSPS) is 9.88. The molecule has 1 aromatic carbocycles. The van der Waals surface area contributed by atoms with Gasteiger partial charge in [-0.2, -0.15) is 5.10 Å². The molecule has 2 rings (SSSR count). The van der Waals surface area contributed by atoms with E-state index in [0.717, 1.165) is 16.3 Å². The molecule has 1 aromatic heterocycles. The Labute approximate surface area is 98.0 Å². The first-order valence-corrected chi connectivity index (χ1v) is 5.73. The van der Waals surface area contributed by atoms with Crippen molar-refractivity contribution in [3.8, 4) is 10.6 Å². The van der Waals surface area contributed by atoms with Crippen LogP contribution in [0.5, 0.6) is 0 Å². The molecule has 1 heterocycles. The molecular weight excluding hydrogens is 220 g/mol. The summed E-state index contributed by atoms with van der Waals surface area (Å²) in [4.78, 5) is 0. The summed E-state index contributed by atoms with van der Waals surface area (Å²) in [7, 11) is 0. The highest BCUT2D eigenvalue weighted by Gasteiger charge is 2.04. The molecule has 1 N–H and O–H groups in total. The second-order valence-corrected chi connectivity index (χ2v) is 4.43. The molecule has 82 valence electrons. The third kappa shape index (κ3) is 2.64. The number of aromatic nitrogens is 2. The Morgan fingerprint density at radius 1 is 1.19 bits per heavy atom. The molecule has 0 radical (unpaired) electrons. The minimum Gasteiger partial charge on any atom is -0.251 e. The summed E-state index contributed by atoms with van der Waals surface area (Å²) in [5.41, 5.74) is 4.90. The van der Waals surface area contributed by atoms with Gasteiger partial charge < -0.3 is 0 Å². The van der Waals surface area contributed by atoms with E-state index in [4.69, 9.17) is 0 Å². The number of hydrogen-bond acceptors (Lipinski definition) is 5. The minimum absolute atomic E-state index is 0.708. The van der Waals surface area contributed by atoms with Crippen molar-refractivity contribution >= 4 is 22.2 Å². The van der Waals surface area contributed by atoms with Crippen LogP contribution in [0.3, 0.4) is 0 Å². The first-order valence-electron chi connectivity index (χ1n) is 4.91. The number of anilines is 1. The highest BCUT2D eigenvalue weighted by Crippen LogP contribution is 2.25. The number of rotatable bonds is 3. The van der Waals surface area contributed by atoms with Crippen LogP contribution in [0, 0.1) is 0 Å². The average Bonchev–Trinajstić information content (AvgIpc) is 2.76. The van der Waals surface area contributed by atoms with Gasteiger partial charge in [-0.15, -0.1) is 10.2 Å². The van der Waals surface area contributed by atoms with Gasteiger partial charge in [0, 0.05) is 11.3 Å². The van der Waals surface area contributed by atoms with E-state index in [1.807, 2.05) is 44.2 Å². The Morgan fingerprint density at radius 3 is 2.62 bits per heavy atom. The van der Waals surface area contributed by atoms with Gasteiger partial charge in [-0.25, -0.2) is 0 Å². The van der Waals surface area contributed by atoms with Gasteiger partial charge in [0.05, 0.1) is 0 Å². The van der Waals surface area contributed by atoms with Gasteiger partial charge in [0.2, 0.25) is 5.13 Å². The zero-order valence-electron chi connectivity index (χ0n) is 9.14. The van der Waals surface area contributed by atoms with Crippen molar-refractivity contribution in [3.63, 3.8) is 0 Å². The highest BCUT2D eigenvalue weighted by molar-refractivity contribution is 7.18. The average molecular weight is 232 g/mol. The predicted octanol–water partition coefficient (Wildman–Crippen LogP) is 3.01. The van der Waals surface area contributed by atoms with Crippen LogP contribution in [0.15, 0.2) is 35.4 Å².